The molecule has 12 heteroatoms. The summed E-state index contributed by atoms with van der Waals surface area (Å²) in [6.07, 6.45) is 1.18. The van der Waals surface area contributed by atoms with Crippen LogP contribution in [0.1, 0.15) is 45.6 Å². The minimum absolute atomic E-state index is 0.0588. The number of nitrogens with two attached hydrogens (primary N) is 1. The first kappa shape index (κ1) is 30.3. The van der Waals surface area contributed by atoms with Crippen LogP contribution < -0.4 is 11.2 Å². The zero-order valence-electron chi connectivity index (χ0n) is 22.4. The first-order valence-electron chi connectivity index (χ1n) is 13.0. The number of alkyl halides is 3. The molecule has 5 rings (SSSR count). The molecule has 0 saturated carbocycles. The van der Waals surface area contributed by atoms with Gasteiger partial charge in [0.2, 0.25) is 0 Å². The molecule has 0 bridgehead atoms. The van der Waals surface area contributed by atoms with Crippen molar-refractivity contribution in [1.29, 1.82) is 0 Å². The Morgan fingerprint density at radius 3 is 2.21 bits per heavy atom. The van der Waals surface area contributed by atoms with Crippen molar-refractivity contribution >= 4 is 52.0 Å². The van der Waals surface area contributed by atoms with Gasteiger partial charge in [-0.15, -0.1) is 22.7 Å². The number of ketones is 2. The summed E-state index contributed by atoms with van der Waals surface area (Å²) < 4.78 is 41.2. The van der Waals surface area contributed by atoms with Crippen LogP contribution in [0.2, 0.25) is 0 Å². The molecule has 0 radical (unpaired) electrons. The summed E-state index contributed by atoms with van der Waals surface area (Å²) >= 11 is 4.17. The third-order valence-corrected chi connectivity index (χ3v) is 10.2. The Hall–Kier alpha value is -3.19. The van der Waals surface area contributed by atoms with Gasteiger partial charge in [0.05, 0.1) is 17.4 Å². The number of halogens is 3. The van der Waals surface area contributed by atoms with Crippen molar-refractivity contribution in [2.45, 2.75) is 36.4 Å². The SMILES string of the molecule is CSCC(C1=CCC(c2cccs2)C1=O)C(N)(C(=O)ONC1=CCC(c2cccs2)C1=O)c1cccc(C(F)(F)F)c1. The molecule has 6 nitrogen and oxygen atoms in total. The second-order valence-corrected chi connectivity index (χ2v) is 12.9. The second-order valence-electron chi connectivity index (χ2n) is 10.1. The van der Waals surface area contributed by atoms with Crippen molar-refractivity contribution in [3.8, 4) is 0 Å². The van der Waals surface area contributed by atoms with Gasteiger partial charge >= 0.3 is 12.1 Å². The number of nitrogens with one attached hydrogen (secondary N) is 1. The molecule has 0 fully saturated rings. The summed E-state index contributed by atoms with van der Waals surface area (Å²) in [4.78, 5) is 47.7. The number of hydrogen-bond donors (Lipinski definition) is 2. The van der Waals surface area contributed by atoms with Crippen LogP contribution in [0.15, 0.2) is 82.7 Å². The molecule has 2 aliphatic carbocycles. The first-order valence-corrected chi connectivity index (χ1v) is 16.2. The lowest BCUT2D eigenvalue weighted by Crippen LogP contribution is -2.55. The van der Waals surface area contributed by atoms with Gasteiger partial charge in [0, 0.05) is 21.4 Å². The summed E-state index contributed by atoms with van der Waals surface area (Å²) in [6, 6.07) is 11.6. The van der Waals surface area contributed by atoms with E-state index >= 15 is 0 Å². The lowest BCUT2D eigenvalue weighted by Gasteiger charge is -2.36. The van der Waals surface area contributed by atoms with Crippen molar-refractivity contribution in [3.05, 3.63) is 104 Å². The average molecular weight is 633 g/mol. The molecule has 3 N–H and O–H groups in total. The van der Waals surface area contributed by atoms with E-state index in [1.807, 2.05) is 35.0 Å². The van der Waals surface area contributed by atoms with Crippen molar-refractivity contribution in [3.63, 3.8) is 0 Å². The number of hydroxylamine groups is 1. The van der Waals surface area contributed by atoms with Gasteiger partial charge in [0.1, 0.15) is 5.70 Å². The van der Waals surface area contributed by atoms with E-state index in [4.69, 9.17) is 10.6 Å². The summed E-state index contributed by atoms with van der Waals surface area (Å²) in [5.41, 5.74) is 6.27. The van der Waals surface area contributed by atoms with Crippen LogP contribution in [0.25, 0.3) is 0 Å². The Kier molecular flexibility index (Phi) is 8.79. The highest BCUT2D eigenvalue weighted by Crippen LogP contribution is 2.44. The molecule has 0 saturated heterocycles. The van der Waals surface area contributed by atoms with Gasteiger partial charge in [0.25, 0.3) is 0 Å². The second kappa shape index (κ2) is 12.2. The molecule has 2 heterocycles. The molecule has 2 aromatic heterocycles. The maximum atomic E-state index is 13.9. The topological polar surface area (TPSA) is 98.5 Å². The number of allylic oxidation sites excluding steroid dienone is 3. The van der Waals surface area contributed by atoms with Gasteiger partial charge < -0.3 is 10.6 Å². The van der Waals surface area contributed by atoms with Crippen LogP contribution in [-0.4, -0.2) is 29.5 Å². The van der Waals surface area contributed by atoms with Gasteiger partial charge in [-0.25, -0.2) is 10.3 Å². The van der Waals surface area contributed by atoms with Crippen molar-refractivity contribution in [2.75, 3.05) is 12.0 Å². The number of Topliss-reactive ketones (excluding diaryl/α,β-unsaturated/α-hetero) is 2. The summed E-state index contributed by atoms with van der Waals surface area (Å²) in [6.45, 7) is 0. The summed E-state index contributed by atoms with van der Waals surface area (Å²) in [5.74, 6) is -3.36. The number of thiophene rings is 2. The number of benzene rings is 1. The third-order valence-electron chi connectivity index (χ3n) is 7.60. The van der Waals surface area contributed by atoms with E-state index in [2.05, 4.69) is 5.48 Å². The van der Waals surface area contributed by atoms with Crippen molar-refractivity contribution < 1.29 is 32.4 Å². The van der Waals surface area contributed by atoms with Gasteiger partial charge in [0.15, 0.2) is 17.1 Å². The first-order chi connectivity index (χ1) is 20.1. The molecule has 220 valence electrons. The Labute approximate surface area is 252 Å². The lowest BCUT2D eigenvalue weighted by molar-refractivity contribution is -0.159. The monoisotopic (exact) mass is 632 g/mol. The van der Waals surface area contributed by atoms with Crippen LogP contribution in [0.5, 0.6) is 0 Å². The van der Waals surface area contributed by atoms with Crippen LogP contribution in [0.4, 0.5) is 13.2 Å². The normalized spacial score (nSPS) is 21.1. The van der Waals surface area contributed by atoms with Crippen molar-refractivity contribution in [2.24, 2.45) is 11.7 Å². The number of hydrogen-bond acceptors (Lipinski definition) is 9. The third kappa shape index (κ3) is 5.72. The molecule has 2 aliphatic rings. The van der Waals surface area contributed by atoms with E-state index in [0.29, 0.717) is 12.8 Å². The molecule has 4 unspecified atom stereocenters. The molecular weight excluding hydrogens is 606 g/mol. The van der Waals surface area contributed by atoms with Crippen LogP contribution in [0.3, 0.4) is 0 Å². The van der Waals surface area contributed by atoms with Crippen molar-refractivity contribution in [1.82, 2.24) is 5.48 Å². The fourth-order valence-corrected chi connectivity index (χ4v) is 7.85. The van der Waals surface area contributed by atoms with E-state index < -0.39 is 41.0 Å². The smallest absolute Gasteiger partial charge is 0.341 e. The van der Waals surface area contributed by atoms with Gasteiger partial charge in [-0.05, 0) is 65.3 Å². The Morgan fingerprint density at radius 1 is 1.00 bits per heavy atom. The van der Waals surface area contributed by atoms with Crippen LogP contribution >= 0.6 is 34.4 Å². The molecule has 0 amide bonds. The fraction of sp³-hybridized carbons (Fsp3) is 0.300. The molecule has 42 heavy (non-hydrogen) atoms. The lowest BCUT2D eigenvalue weighted by atomic mass is 9.74. The highest BCUT2D eigenvalue weighted by molar-refractivity contribution is 7.98. The zero-order chi connectivity index (χ0) is 30.1. The Morgan fingerprint density at radius 2 is 1.62 bits per heavy atom. The van der Waals surface area contributed by atoms with Crippen LogP contribution in [0, 0.1) is 5.92 Å². The number of rotatable bonds is 10. The van der Waals surface area contributed by atoms with E-state index in [1.54, 1.807) is 18.4 Å². The number of thioether (sulfide) groups is 1. The number of carbonyl (C=O) groups excluding carboxylic acids is 3. The fourth-order valence-electron chi connectivity index (χ4n) is 5.39. The van der Waals surface area contributed by atoms with E-state index in [1.165, 1.54) is 46.6 Å². The maximum Gasteiger partial charge on any atom is 0.416 e. The Balaban J connectivity index is 1.48. The van der Waals surface area contributed by atoms with Gasteiger partial charge in [-0.2, -0.15) is 24.9 Å². The molecule has 0 spiro atoms. The van der Waals surface area contributed by atoms with E-state index in [9.17, 15) is 27.6 Å². The number of carbonyl (C=O) groups is 3. The summed E-state index contributed by atoms with van der Waals surface area (Å²) in [7, 11) is 0. The standard InChI is InChI=1S/C30H27F3N2O4S3/c1-40-16-22(19-9-10-20(26(19)36)24-7-3-13-41-24)29(34,17-5-2-6-18(15-17)30(31,32)33)28(38)39-35-23-12-11-21(27(23)37)25-8-4-14-42-25/h2-9,12-15,20-22,35H,10-11,16,34H2,1H3. The average Bonchev–Trinajstić information content (AvgIpc) is 3.78. The predicted octanol–water partition coefficient (Wildman–Crippen LogP) is 6.33. The van der Waals surface area contributed by atoms with Gasteiger partial charge in [-0.3, -0.25) is 9.59 Å². The summed E-state index contributed by atoms with van der Waals surface area (Å²) in [5, 5.41) is 3.72. The van der Waals surface area contributed by atoms with Crippen LogP contribution in [-0.2, 0) is 30.9 Å². The molecule has 1 aromatic carbocycles. The highest BCUT2D eigenvalue weighted by atomic mass is 32.2. The molecule has 4 atom stereocenters. The highest BCUT2D eigenvalue weighted by Gasteiger charge is 2.51. The van der Waals surface area contributed by atoms with E-state index in [0.717, 1.165) is 21.9 Å². The predicted molar refractivity (Wildman–Crippen MR) is 158 cm³/mol. The molecule has 0 aliphatic heterocycles. The minimum Gasteiger partial charge on any atom is -0.341 e. The van der Waals surface area contributed by atoms with E-state index in [-0.39, 0.29) is 34.2 Å². The maximum absolute atomic E-state index is 13.9. The largest absolute Gasteiger partial charge is 0.416 e. The molecule has 3 aromatic rings. The van der Waals surface area contributed by atoms with Gasteiger partial charge in [-0.1, -0.05) is 36.4 Å². The Bertz CT molecular complexity index is 1530. The molecular formula is C30H27F3N2O4S3. The minimum atomic E-state index is -4.70. The zero-order valence-corrected chi connectivity index (χ0v) is 24.8. The quantitative estimate of drug-likeness (QED) is 0.252.